The van der Waals surface area contributed by atoms with Gasteiger partial charge in [0.1, 0.15) is 11.9 Å². The van der Waals surface area contributed by atoms with Gasteiger partial charge < -0.3 is 8.85 Å². The van der Waals surface area contributed by atoms with E-state index < -0.39 is 28.2 Å². The third-order valence-corrected chi connectivity index (χ3v) is 20.1. The normalized spacial score (nSPS) is 33.9. The van der Waals surface area contributed by atoms with Crippen LogP contribution in [0.25, 0.3) is 0 Å². The van der Waals surface area contributed by atoms with Crippen LogP contribution in [-0.4, -0.2) is 34.3 Å². The Bertz CT molecular complexity index is 918. The Kier molecular flexibility index (Phi) is 7.61. The summed E-state index contributed by atoms with van der Waals surface area (Å²) >= 11 is 0. The molecule has 2 saturated carbocycles. The average molecular weight is 535 g/mol. The largest absolute Gasteiger partial charge is 0.547 e. The summed E-state index contributed by atoms with van der Waals surface area (Å²) in [5, 5.41) is 0.139. The van der Waals surface area contributed by atoms with Gasteiger partial charge in [0.15, 0.2) is 14.1 Å². The van der Waals surface area contributed by atoms with Crippen molar-refractivity contribution in [3.8, 4) is 0 Å². The summed E-state index contributed by atoms with van der Waals surface area (Å²) in [7, 11) is -4.15. The maximum absolute atomic E-state index is 14.2. The van der Waals surface area contributed by atoms with Crippen LogP contribution in [-0.2, 0) is 18.4 Å². The van der Waals surface area contributed by atoms with Crippen molar-refractivity contribution in [1.82, 2.24) is 0 Å². The van der Waals surface area contributed by atoms with E-state index in [0.29, 0.717) is 19.3 Å². The monoisotopic (exact) mass is 534 g/mol. The Morgan fingerprint density at radius 2 is 1.44 bits per heavy atom. The van der Waals surface area contributed by atoms with Gasteiger partial charge in [-0.25, -0.2) is 0 Å². The molecule has 2 fully saturated rings. The Balaban J connectivity index is 2.01. The first-order valence-corrected chi connectivity index (χ1v) is 20.0. The molecule has 2 unspecified atom stereocenters. The molecule has 3 rings (SSSR count). The molecule has 0 N–H and O–H groups in total. The first-order valence-electron chi connectivity index (χ1n) is 14.2. The van der Waals surface area contributed by atoms with Gasteiger partial charge in [-0.15, -0.1) is 0 Å². The average Bonchev–Trinajstić information content (AvgIpc) is 2.68. The lowest BCUT2D eigenvalue weighted by atomic mass is 9.52. The molecule has 206 valence electrons. The first-order chi connectivity index (χ1) is 16.0. The van der Waals surface area contributed by atoms with Crippen molar-refractivity contribution in [2.24, 2.45) is 28.6 Å². The highest BCUT2D eigenvalue weighted by Gasteiger charge is 2.58. The molecule has 3 aliphatic rings. The molecule has 0 radical (unpaired) electrons. The molecule has 0 aromatic heterocycles. The van der Waals surface area contributed by atoms with Crippen LogP contribution in [0.2, 0.25) is 36.3 Å². The third-order valence-electron chi connectivity index (χ3n) is 11.2. The van der Waals surface area contributed by atoms with E-state index in [-0.39, 0.29) is 44.8 Å². The zero-order valence-electron chi connectivity index (χ0n) is 25.6. The minimum Gasteiger partial charge on any atom is -0.547 e. The number of hydrogen-bond donors (Lipinski definition) is 0. The number of allylic oxidation sites excluding steroid dienone is 2. The van der Waals surface area contributed by atoms with Crippen LogP contribution in [0.1, 0.15) is 94.4 Å². The molecule has 0 aromatic rings. The van der Waals surface area contributed by atoms with Crippen molar-refractivity contribution in [1.29, 1.82) is 0 Å². The fraction of sp³-hybridized carbons (Fsp3) is 0.867. The Morgan fingerprint density at radius 3 is 1.97 bits per heavy atom. The highest BCUT2D eigenvalue weighted by Crippen LogP contribution is 2.58. The first kappa shape index (κ1) is 29.8. The van der Waals surface area contributed by atoms with Gasteiger partial charge in [-0.2, -0.15) is 0 Å². The number of ketones is 2. The molecule has 0 spiro atoms. The third kappa shape index (κ3) is 5.12. The number of rotatable bonds is 4. The second-order valence-corrected chi connectivity index (χ2v) is 25.4. The molecular weight excluding hydrogens is 480 g/mol. The van der Waals surface area contributed by atoms with E-state index in [1.807, 2.05) is 0 Å². The van der Waals surface area contributed by atoms with E-state index in [0.717, 1.165) is 18.6 Å². The van der Waals surface area contributed by atoms with Gasteiger partial charge in [-0.05, 0) is 79.4 Å². The summed E-state index contributed by atoms with van der Waals surface area (Å²) in [5.41, 5.74) is -0.701. The van der Waals surface area contributed by atoms with Crippen LogP contribution >= 0.6 is 0 Å². The summed E-state index contributed by atoms with van der Waals surface area (Å²) in [6.07, 6.45) is 5.39. The van der Waals surface area contributed by atoms with Gasteiger partial charge >= 0.3 is 0 Å². The maximum atomic E-state index is 14.2. The standard InChI is InChI=1S/C30H54O4Si2/c1-27(2,3)35(10,11)33-23-15-14-20-18-25(31)30(9)17-16-24(34-36(12,13)28(4,5)6)26(32)22(30)19-21(23)29(20,7)8/h15,20-22,24H,14,16-19H2,1-13H3/t20?,21?,22-,24+,30-/m1/s1. The summed E-state index contributed by atoms with van der Waals surface area (Å²) in [6.45, 7) is 29.2. The summed E-state index contributed by atoms with van der Waals surface area (Å²) in [5.74, 6) is 1.64. The molecule has 36 heavy (non-hydrogen) atoms. The van der Waals surface area contributed by atoms with E-state index >= 15 is 0 Å². The number of carbonyl (C=O) groups excluding carboxylic acids is 2. The van der Waals surface area contributed by atoms with Crippen molar-refractivity contribution in [3.05, 3.63) is 11.8 Å². The molecule has 0 saturated heterocycles. The van der Waals surface area contributed by atoms with Crippen molar-refractivity contribution in [2.75, 3.05) is 0 Å². The zero-order chi connectivity index (χ0) is 27.7. The molecular formula is C30H54O4Si2. The molecule has 0 amide bonds. The minimum absolute atomic E-state index is 0.0380. The van der Waals surface area contributed by atoms with Crippen LogP contribution in [0.5, 0.6) is 0 Å². The lowest BCUT2D eigenvalue weighted by Gasteiger charge is -2.54. The van der Waals surface area contributed by atoms with Gasteiger partial charge in [0.25, 0.3) is 0 Å². The van der Waals surface area contributed by atoms with Crippen molar-refractivity contribution >= 4 is 28.2 Å². The predicted molar refractivity (Wildman–Crippen MR) is 154 cm³/mol. The highest BCUT2D eigenvalue weighted by atomic mass is 28.4. The van der Waals surface area contributed by atoms with Gasteiger partial charge in [-0.3, -0.25) is 9.59 Å². The van der Waals surface area contributed by atoms with Crippen LogP contribution in [0.15, 0.2) is 11.8 Å². The smallest absolute Gasteiger partial charge is 0.250 e. The highest BCUT2D eigenvalue weighted by molar-refractivity contribution is 6.74. The number of fused-ring (bicyclic) bond motifs is 3. The van der Waals surface area contributed by atoms with Crippen LogP contribution in [0.4, 0.5) is 0 Å². The molecule has 0 aliphatic heterocycles. The summed E-state index contributed by atoms with van der Waals surface area (Å²) < 4.78 is 13.7. The fourth-order valence-electron chi connectivity index (χ4n) is 6.02. The molecule has 5 atom stereocenters. The lowest BCUT2D eigenvalue weighted by molar-refractivity contribution is -0.154. The van der Waals surface area contributed by atoms with E-state index in [1.165, 1.54) is 0 Å². The summed E-state index contributed by atoms with van der Waals surface area (Å²) in [4.78, 5) is 28.0. The van der Waals surface area contributed by atoms with E-state index in [9.17, 15) is 9.59 Å². The topological polar surface area (TPSA) is 52.6 Å². The van der Waals surface area contributed by atoms with E-state index in [1.54, 1.807) is 0 Å². The molecule has 0 aromatic carbocycles. The lowest BCUT2D eigenvalue weighted by Crippen LogP contribution is -2.57. The number of Topliss-reactive ketones (excluding diaryl/α,β-unsaturated/α-hetero) is 2. The zero-order valence-corrected chi connectivity index (χ0v) is 27.6. The van der Waals surface area contributed by atoms with Crippen molar-refractivity contribution < 1.29 is 18.4 Å². The van der Waals surface area contributed by atoms with Crippen LogP contribution < -0.4 is 0 Å². The van der Waals surface area contributed by atoms with Crippen LogP contribution in [0.3, 0.4) is 0 Å². The quantitative estimate of drug-likeness (QED) is 0.340. The van der Waals surface area contributed by atoms with E-state index in [4.69, 9.17) is 8.85 Å². The van der Waals surface area contributed by atoms with Gasteiger partial charge in [-0.1, -0.05) is 62.3 Å². The SMILES string of the molecule is CC1(C)C2CC=C(O[Si](C)(C)C(C)(C)C)C1C[C@@H]1C(=O)[C@@H](O[Si](C)(C)C(C)(C)C)CC[C@@]1(C)C(=O)C2. The fourth-order valence-corrected chi connectivity index (χ4v) is 8.44. The summed E-state index contributed by atoms with van der Waals surface area (Å²) in [6, 6.07) is 0. The molecule has 0 heterocycles. The molecule has 3 aliphatic carbocycles. The van der Waals surface area contributed by atoms with Gasteiger partial charge in [0.2, 0.25) is 8.32 Å². The van der Waals surface area contributed by atoms with Gasteiger partial charge in [0.05, 0.1) is 5.76 Å². The number of carbonyl (C=O) groups is 2. The second-order valence-electron chi connectivity index (χ2n) is 15.9. The predicted octanol–water partition coefficient (Wildman–Crippen LogP) is 8.29. The maximum Gasteiger partial charge on any atom is 0.250 e. The Labute approximate surface area is 223 Å². The minimum atomic E-state index is -2.11. The second kappa shape index (κ2) is 9.19. The van der Waals surface area contributed by atoms with E-state index in [2.05, 4.69) is 94.6 Å². The van der Waals surface area contributed by atoms with Crippen LogP contribution in [0, 0.1) is 28.6 Å². The van der Waals surface area contributed by atoms with Crippen molar-refractivity contribution in [3.63, 3.8) is 0 Å². The molecule has 6 heteroatoms. The van der Waals surface area contributed by atoms with Gasteiger partial charge in [0, 0.05) is 23.7 Å². The van der Waals surface area contributed by atoms with Crippen molar-refractivity contribution in [2.45, 2.75) is 137 Å². The Morgan fingerprint density at radius 1 is 0.889 bits per heavy atom. The molecule has 2 bridgehead atoms. The molecule has 4 nitrogen and oxygen atoms in total. The Hall–Kier alpha value is -0.726. The number of hydrogen-bond acceptors (Lipinski definition) is 4.